The van der Waals surface area contributed by atoms with Gasteiger partial charge < -0.3 is 4.90 Å². The first-order chi connectivity index (χ1) is 5.91. The lowest BCUT2D eigenvalue weighted by Gasteiger charge is -2.42. The molecule has 1 saturated heterocycles. The third-order valence-electron chi connectivity index (χ3n) is 2.59. The predicted molar refractivity (Wildman–Crippen MR) is 53.3 cm³/mol. The molecule has 0 aromatic carbocycles. The zero-order valence-electron chi connectivity index (χ0n) is 9.13. The van der Waals surface area contributed by atoms with Gasteiger partial charge in [-0.2, -0.15) is 0 Å². The van der Waals surface area contributed by atoms with E-state index >= 15 is 0 Å². The first kappa shape index (κ1) is 10.5. The van der Waals surface area contributed by atoms with Gasteiger partial charge >= 0.3 is 0 Å². The lowest BCUT2D eigenvalue weighted by molar-refractivity contribution is -0.134. The van der Waals surface area contributed by atoms with E-state index in [1.807, 2.05) is 4.90 Å². The first-order valence-corrected chi connectivity index (χ1v) is 4.92. The van der Waals surface area contributed by atoms with Crippen molar-refractivity contribution in [3.8, 4) is 0 Å². The maximum Gasteiger partial charge on any atom is 0.220 e. The Balaban J connectivity index is 2.57. The number of carbonyl (C=O) groups is 1. The maximum atomic E-state index is 11.2. The van der Waals surface area contributed by atoms with Crippen molar-refractivity contribution >= 4 is 5.91 Å². The normalized spacial score (nSPS) is 20.5. The van der Waals surface area contributed by atoms with E-state index in [1.165, 1.54) is 0 Å². The molecule has 0 aromatic rings. The highest BCUT2D eigenvalue weighted by Gasteiger charge is 2.27. The van der Waals surface area contributed by atoms with Gasteiger partial charge in [0.1, 0.15) is 0 Å². The van der Waals surface area contributed by atoms with Gasteiger partial charge in [0.05, 0.1) is 6.67 Å². The smallest absolute Gasteiger partial charge is 0.220 e. The lowest BCUT2D eigenvalue weighted by Crippen LogP contribution is -2.53. The summed E-state index contributed by atoms with van der Waals surface area (Å²) in [5, 5.41) is 0. The molecule has 1 amide bonds. The van der Waals surface area contributed by atoms with Crippen LogP contribution < -0.4 is 0 Å². The van der Waals surface area contributed by atoms with E-state index in [4.69, 9.17) is 0 Å². The monoisotopic (exact) mass is 184 g/mol. The van der Waals surface area contributed by atoms with Gasteiger partial charge in [0.15, 0.2) is 0 Å². The van der Waals surface area contributed by atoms with Gasteiger partial charge in [-0.05, 0) is 27.2 Å². The molecular formula is C10H20N2O. The summed E-state index contributed by atoms with van der Waals surface area (Å²) in [4.78, 5) is 15.4. The van der Waals surface area contributed by atoms with Crippen LogP contribution >= 0.6 is 0 Å². The van der Waals surface area contributed by atoms with Crippen molar-refractivity contribution < 1.29 is 4.79 Å². The summed E-state index contributed by atoms with van der Waals surface area (Å²) in [5.74, 6) is 0.189. The summed E-state index contributed by atoms with van der Waals surface area (Å²) in [5.41, 5.74) is 0.175. The molecule has 1 rings (SSSR count). The van der Waals surface area contributed by atoms with Gasteiger partial charge in [-0.25, -0.2) is 0 Å². The minimum atomic E-state index is 0.175. The van der Waals surface area contributed by atoms with E-state index in [0.29, 0.717) is 0 Å². The molecule has 76 valence electrons. The molecule has 0 spiro atoms. The van der Waals surface area contributed by atoms with E-state index in [-0.39, 0.29) is 11.4 Å². The predicted octanol–water partition coefficient (Wildman–Crippen LogP) is 1.30. The van der Waals surface area contributed by atoms with Crippen molar-refractivity contribution in [3.63, 3.8) is 0 Å². The molecule has 1 heterocycles. The maximum absolute atomic E-state index is 11.2. The lowest BCUT2D eigenvalue weighted by atomic mass is 10.1. The summed E-state index contributed by atoms with van der Waals surface area (Å²) in [7, 11) is 0. The highest BCUT2D eigenvalue weighted by Crippen LogP contribution is 2.17. The Bertz CT molecular complexity index is 196. The van der Waals surface area contributed by atoms with Gasteiger partial charge in [-0.15, -0.1) is 0 Å². The van der Waals surface area contributed by atoms with Crippen LogP contribution in [0.1, 0.15) is 34.1 Å². The van der Waals surface area contributed by atoms with Crippen molar-refractivity contribution in [2.24, 2.45) is 0 Å². The molecule has 0 atom stereocenters. The largest absolute Gasteiger partial charge is 0.330 e. The molecular weight excluding hydrogens is 164 g/mol. The quantitative estimate of drug-likeness (QED) is 0.566. The standard InChI is InChI=1S/C10H20N2O/c1-9(13)11-6-5-7-12(8-11)10(2,3)4/h5-8H2,1-4H3. The Labute approximate surface area is 80.7 Å². The van der Waals surface area contributed by atoms with Gasteiger partial charge in [0.2, 0.25) is 5.91 Å². The molecule has 0 aromatic heterocycles. The molecule has 0 unspecified atom stereocenters. The van der Waals surface area contributed by atoms with Gasteiger partial charge in [0, 0.05) is 25.6 Å². The molecule has 0 N–H and O–H groups in total. The van der Waals surface area contributed by atoms with Crippen LogP contribution in [0.15, 0.2) is 0 Å². The average molecular weight is 184 g/mol. The molecule has 13 heavy (non-hydrogen) atoms. The van der Waals surface area contributed by atoms with Crippen molar-refractivity contribution in [1.82, 2.24) is 9.80 Å². The van der Waals surface area contributed by atoms with Crippen LogP contribution in [-0.4, -0.2) is 41.0 Å². The minimum Gasteiger partial charge on any atom is -0.330 e. The topological polar surface area (TPSA) is 23.6 Å². The third kappa shape index (κ3) is 2.69. The fraction of sp³-hybridized carbons (Fsp3) is 0.900. The fourth-order valence-corrected chi connectivity index (χ4v) is 1.60. The Hall–Kier alpha value is -0.570. The van der Waals surface area contributed by atoms with Crippen LogP contribution in [0.4, 0.5) is 0 Å². The second-order valence-electron chi connectivity index (χ2n) is 4.71. The average Bonchev–Trinajstić information content (AvgIpc) is 2.03. The Morgan fingerprint density at radius 3 is 2.31 bits per heavy atom. The van der Waals surface area contributed by atoms with E-state index in [9.17, 15) is 4.79 Å². The van der Waals surface area contributed by atoms with Crippen LogP contribution in [0, 0.1) is 0 Å². The summed E-state index contributed by atoms with van der Waals surface area (Å²) in [6.45, 7) is 11.0. The molecule has 0 saturated carbocycles. The highest BCUT2D eigenvalue weighted by atomic mass is 16.2. The van der Waals surface area contributed by atoms with Crippen molar-refractivity contribution in [2.75, 3.05) is 19.8 Å². The second-order valence-corrected chi connectivity index (χ2v) is 4.71. The molecule has 0 aliphatic carbocycles. The highest BCUT2D eigenvalue weighted by molar-refractivity contribution is 5.73. The van der Waals surface area contributed by atoms with Gasteiger partial charge in [-0.3, -0.25) is 9.69 Å². The number of amides is 1. The van der Waals surface area contributed by atoms with Gasteiger partial charge in [0.25, 0.3) is 0 Å². The Morgan fingerprint density at radius 2 is 1.85 bits per heavy atom. The van der Waals surface area contributed by atoms with Crippen LogP contribution in [0.2, 0.25) is 0 Å². The van der Waals surface area contributed by atoms with E-state index in [2.05, 4.69) is 25.7 Å². The van der Waals surface area contributed by atoms with Crippen molar-refractivity contribution in [3.05, 3.63) is 0 Å². The second kappa shape index (κ2) is 3.66. The van der Waals surface area contributed by atoms with Crippen molar-refractivity contribution in [1.29, 1.82) is 0 Å². The molecule has 0 bridgehead atoms. The number of hydrogen-bond acceptors (Lipinski definition) is 2. The molecule has 1 fully saturated rings. The number of hydrogen-bond donors (Lipinski definition) is 0. The van der Waals surface area contributed by atoms with Gasteiger partial charge in [-0.1, -0.05) is 0 Å². The first-order valence-electron chi connectivity index (χ1n) is 4.92. The summed E-state index contributed by atoms with van der Waals surface area (Å²) >= 11 is 0. The molecule has 1 aliphatic rings. The number of carbonyl (C=O) groups excluding carboxylic acids is 1. The van der Waals surface area contributed by atoms with E-state index < -0.39 is 0 Å². The fourth-order valence-electron chi connectivity index (χ4n) is 1.60. The molecule has 3 heteroatoms. The number of nitrogens with zero attached hydrogens (tertiary/aromatic N) is 2. The summed E-state index contributed by atoms with van der Waals surface area (Å²) in [6.07, 6.45) is 1.09. The summed E-state index contributed by atoms with van der Waals surface area (Å²) < 4.78 is 0. The zero-order valence-corrected chi connectivity index (χ0v) is 9.13. The minimum absolute atomic E-state index is 0.175. The molecule has 0 radical (unpaired) electrons. The Kier molecular flexibility index (Phi) is 2.96. The number of rotatable bonds is 0. The SMILES string of the molecule is CC(=O)N1CCCN(C(C)(C)C)C1. The van der Waals surface area contributed by atoms with E-state index in [1.54, 1.807) is 6.92 Å². The molecule has 1 aliphatic heterocycles. The van der Waals surface area contributed by atoms with E-state index in [0.717, 1.165) is 26.2 Å². The van der Waals surface area contributed by atoms with Crippen LogP contribution in [-0.2, 0) is 4.79 Å². The summed E-state index contributed by atoms with van der Waals surface area (Å²) in [6, 6.07) is 0. The van der Waals surface area contributed by atoms with Crippen LogP contribution in [0.25, 0.3) is 0 Å². The zero-order chi connectivity index (χ0) is 10.1. The third-order valence-corrected chi connectivity index (χ3v) is 2.59. The molecule has 3 nitrogen and oxygen atoms in total. The van der Waals surface area contributed by atoms with Crippen LogP contribution in [0.3, 0.4) is 0 Å². The van der Waals surface area contributed by atoms with Crippen LogP contribution in [0.5, 0.6) is 0 Å². The van der Waals surface area contributed by atoms with Crippen molar-refractivity contribution in [2.45, 2.75) is 39.7 Å². The Morgan fingerprint density at radius 1 is 1.23 bits per heavy atom.